The number of amides is 2. The molecule has 3 aromatic rings. The number of benzene rings is 3. The minimum atomic E-state index is -0.836. The van der Waals surface area contributed by atoms with E-state index in [1.807, 2.05) is 0 Å². The summed E-state index contributed by atoms with van der Waals surface area (Å²) in [6, 6.07) is 17.7. The van der Waals surface area contributed by atoms with Crippen LogP contribution in [-0.2, 0) is 4.79 Å². The van der Waals surface area contributed by atoms with Gasteiger partial charge in [-0.15, -0.1) is 0 Å². The van der Waals surface area contributed by atoms with Crippen molar-refractivity contribution in [3.8, 4) is 0 Å². The number of hydrogen-bond acceptors (Lipinski definition) is 4. The van der Waals surface area contributed by atoms with Crippen molar-refractivity contribution in [3.63, 3.8) is 0 Å². The van der Waals surface area contributed by atoms with Gasteiger partial charge >= 0.3 is 0 Å². The molecule has 9 heteroatoms. The molecule has 156 valence electrons. The summed E-state index contributed by atoms with van der Waals surface area (Å²) in [6.07, 6.45) is 1.28. The second kappa shape index (κ2) is 9.77. The summed E-state index contributed by atoms with van der Waals surface area (Å²) in [5, 5.41) is 16.1. The lowest BCUT2D eigenvalue weighted by molar-refractivity contribution is -0.384. The molecule has 0 bridgehead atoms. The van der Waals surface area contributed by atoms with Gasteiger partial charge < -0.3 is 10.6 Å². The number of nitro benzene ring substituents is 1. The molecule has 0 heterocycles. The molecular weight excluding hydrogens is 469 g/mol. The third-order valence-electron chi connectivity index (χ3n) is 4.13. The van der Waals surface area contributed by atoms with Crippen LogP contribution in [0, 0.1) is 15.9 Å². The van der Waals surface area contributed by atoms with Crippen molar-refractivity contribution in [2.24, 2.45) is 0 Å². The molecule has 0 unspecified atom stereocenters. The maximum absolute atomic E-state index is 14.0. The number of nitrogens with zero attached hydrogens (tertiary/aromatic N) is 1. The standard InChI is InChI=1S/C22H15BrFN3O4/c23-17-9-2-4-11-19(17)25-22(29)20(13-14-6-5-7-15(12-14)27(30)31)26-21(28)16-8-1-3-10-18(16)24/h1-13H,(H,25,29)(H,26,28)/b20-13-. The van der Waals surface area contributed by atoms with E-state index in [1.165, 1.54) is 48.5 Å². The molecule has 31 heavy (non-hydrogen) atoms. The highest BCUT2D eigenvalue weighted by Gasteiger charge is 2.18. The highest BCUT2D eigenvalue weighted by molar-refractivity contribution is 9.10. The number of non-ortho nitro benzene ring substituents is 1. The molecule has 0 radical (unpaired) electrons. The van der Waals surface area contributed by atoms with Gasteiger partial charge in [-0.2, -0.15) is 0 Å². The maximum atomic E-state index is 14.0. The molecule has 0 aliphatic heterocycles. The lowest BCUT2D eigenvalue weighted by atomic mass is 10.1. The second-order valence-electron chi connectivity index (χ2n) is 6.28. The van der Waals surface area contributed by atoms with Crippen molar-refractivity contribution in [1.29, 1.82) is 0 Å². The van der Waals surface area contributed by atoms with E-state index in [4.69, 9.17) is 0 Å². The van der Waals surface area contributed by atoms with Gasteiger partial charge in [0.2, 0.25) is 0 Å². The van der Waals surface area contributed by atoms with Crippen LogP contribution in [-0.4, -0.2) is 16.7 Å². The van der Waals surface area contributed by atoms with E-state index in [1.54, 1.807) is 24.3 Å². The molecule has 3 aromatic carbocycles. The topological polar surface area (TPSA) is 101 Å². The van der Waals surface area contributed by atoms with Crippen LogP contribution >= 0.6 is 15.9 Å². The SMILES string of the molecule is O=C(Nc1ccccc1Br)/C(=C/c1cccc([N+](=O)[O-])c1)NC(=O)c1ccccc1F. The predicted molar refractivity (Wildman–Crippen MR) is 118 cm³/mol. The lowest BCUT2D eigenvalue weighted by Crippen LogP contribution is -2.31. The Morgan fingerprint density at radius 3 is 2.42 bits per heavy atom. The van der Waals surface area contributed by atoms with Gasteiger partial charge in [0.1, 0.15) is 11.5 Å². The van der Waals surface area contributed by atoms with Crippen LogP contribution in [0.25, 0.3) is 6.08 Å². The molecule has 0 aliphatic rings. The minimum Gasteiger partial charge on any atom is -0.320 e. The Balaban J connectivity index is 1.97. The largest absolute Gasteiger partial charge is 0.320 e. The highest BCUT2D eigenvalue weighted by atomic mass is 79.9. The summed E-state index contributed by atoms with van der Waals surface area (Å²) in [6.45, 7) is 0. The van der Waals surface area contributed by atoms with Crippen LogP contribution in [0.5, 0.6) is 0 Å². The van der Waals surface area contributed by atoms with Gasteiger partial charge in [0.05, 0.1) is 16.2 Å². The zero-order valence-corrected chi connectivity index (χ0v) is 17.4. The van der Waals surface area contributed by atoms with Crippen molar-refractivity contribution in [2.75, 3.05) is 5.32 Å². The number of para-hydroxylation sites is 1. The average molecular weight is 484 g/mol. The first kappa shape index (κ1) is 21.8. The molecule has 7 nitrogen and oxygen atoms in total. The third-order valence-corrected chi connectivity index (χ3v) is 4.82. The number of nitro groups is 1. The molecule has 2 amide bonds. The Morgan fingerprint density at radius 2 is 1.71 bits per heavy atom. The molecule has 0 atom stereocenters. The first-order valence-corrected chi connectivity index (χ1v) is 9.72. The van der Waals surface area contributed by atoms with Crippen LogP contribution < -0.4 is 10.6 Å². The maximum Gasteiger partial charge on any atom is 0.272 e. The van der Waals surface area contributed by atoms with Gasteiger partial charge in [-0.05, 0) is 51.8 Å². The monoisotopic (exact) mass is 483 g/mol. The fraction of sp³-hybridized carbons (Fsp3) is 0. The summed E-state index contributed by atoms with van der Waals surface area (Å²) in [5.41, 5.74) is 0.100. The average Bonchev–Trinajstić information content (AvgIpc) is 2.75. The van der Waals surface area contributed by atoms with Crippen molar-refractivity contribution >= 4 is 45.2 Å². The van der Waals surface area contributed by atoms with Crippen molar-refractivity contribution in [3.05, 3.63) is 110 Å². The van der Waals surface area contributed by atoms with E-state index >= 15 is 0 Å². The van der Waals surface area contributed by atoms with Gasteiger partial charge in [-0.25, -0.2) is 4.39 Å². The van der Waals surface area contributed by atoms with Crippen LogP contribution in [0.15, 0.2) is 83.0 Å². The smallest absolute Gasteiger partial charge is 0.272 e. The Kier molecular flexibility index (Phi) is 6.88. The van der Waals surface area contributed by atoms with Crippen molar-refractivity contribution in [2.45, 2.75) is 0 Å². The van der Waals surface area contributed by atoms with E-state index in [2.05, 4.69) is 26.6 Å². The number of rotatable bonds is 6. The van der Waals surface area contributed by atoms with Crippen molar-refractivity contribution in [1.82, 2.24) is 5.32 Å². The zero-order valence-electron chi connectivity index (χ0n) is 15.8. The Labute approximate surface area is 184 Å². The number of nitrogens with one attached hydrogen (secondary N) is 2. The van der Waals surface area contributed by atoms with E-state index in [0.29, 0.717) is 15.7 Å². The van der Waals surface area contributed by atoms with Gasteiger partial charge in [-0.3, -0.25) is 19.7 Å². The van der Waals surface area contributed by atoms with Gasteiger partial charge in [-0.1, -0.05) is 36.4 Å². The molecular formula is C22H15BrFN3O4. The quantitative estimate of drug-likeness (QED) is 0.295. The number of carbonyl (C=O) groups excluding carboxylic acids is 2. The fourth-order valence-electron chi connectivity index (χ4n) is 2.64. The van der Waals surface area contributed by atoms with Crippen LogP contribution in [0.1, 0.15) is 15.9 Å². The van der Waals surface area contributed by atoms with Gasteiger partial charge in [0.25, 0.3) is 17.5 Å². The molecule has 0 spiro atoms. The molecule has 3 rings (SSSR count). The summed E-state index contributed by atoms with van der Waals surface area (Å²) < 4.78 is 14.6. The molecule has 0 saturated heterocycles. The fourth-order valence-corrected chi connectivity index (χ4v) is 3.02. The van der Waals surface area contributed by atoms with Crippen LogP contribution in [0.3, 0.4) is 0 Å². The minimum absolute atomic E-state index is 0.181. The summed E-state index contributed by atoms with van der Waals surface area (Å²) in [7, 11) is 0. The summed E-state index contributed by atoms with van der Waals surface area (Å²) in [5.74, 6) is -2.28. The molecule has 0 fully saturated rings. The van der Waals surface area contributed by atoms with E-state index in [0.717, 1.165) is 6.07 Å². The van der Waals surface area contributed by atoms with E-state index in [-0.39, 0.29) is 16.9 Å². The van der Waals surface area contributed by atoms with Crippen LogP contribution in [0.2, 0.25) is 0 Å². The summed E-state index contributed by atoms with van der Waals surface area (Å²) >= 11 is 3.32. The van der Waals surface area contributed by atoms with E-state index in [9.17, 15) is 24.1 Å². The zero-order chi connectivity index (χ0) is 22.4. The Morgan fingerprint density at radius 1 is 1.00 bits per heavy atom. The lowest BCUT2D eigenvalue weighted by Gasteiger charge is -2.12. The number of anilines is 1. The first-order valence-electron chi connectivity index (χ1n) is 8.93. The van der Waals surface area contributed by atoms with Gasteiger partial charge in [0, 0.05) is 16.6 Å². The third kappa shape index (κ3) is 5.61. The molecule has 2 N–H and O–H groups in total. The normalized spacial score (nSPS) is 11.0. The van der Waals surface area contributed by atoms with Crippen LogP contribution in [0.4, 0.5) is 15.8 Å². The summed E-state index contributed by atoms with van der Waals surface area (Å²) in [4.78, 5) is 35.9. The number of hydrogen-bond donors (Lipinski definition) is 2. The second-order valence-corrected chi connectivity index (χ2v) is 7.13. The predicted octanol–water partition coefficient (Wildman–Crippen LogP) is 4.91. The Hall–Kier alpha value is -3.85. The number of carbonyl (C=O) groups is 2. The number of halogens is 2. The highest BCUT2D eigenvalue weighted by Crippen LogP contribution is 2.22. The molecule has 0 aromatic heterocycles. The van der Waals surface area contributed by atoms with E-state index < -0.39 is 22.6 Å². The first-order chi connectivity index (χ1) is 14.8. The van der Waals surface area contributed by atoms with Gasteiger partial charge in [0.15, 0.2) is 0 Å². The van der Waals surface area contributed by atoms with Crippen molar-refractivity contribution < 1.29 is 18.9 Å². The molecule has 0 aliphatic carbocycles. The molecule has 0 saturated carbocycles. The Bertz CT molecular complexity index is 1200.